The van der Waals surface area contributed by atoms with Gasteiger partial charge in [0, 0.05) is 87.3 Å². The highest BCUT2D eigenvalue weighted by Crippen LogP contribution is 2.43. The van der Waals surface area contributed by atoms with Gasteiger partial charge in [-0.15, -0.1) is 0 Å². The van der Waals surface area contributed by atoms with E-state index >= 15 is 0 Å². The van der Waals surface area contributed by atoms with Crippen LogP contribution in [0, 0.1) is 0 Å². The minimum absolute atomic E-state index is 0.00507. The molecule has 0 radical (unpaired) electrons. The predicted octanol–water partition coefficient (Wildman–Crippen LogP) is 6.75. The molecule has 266 valence electrons. The van der Waals surface area contributed by atoms with E-state index in [0.717, 1.165) is 93.6 Å². The molecule has 3 aromatic rings. The van der Waals surface area contributed by atoms with E-state index in [2.05, 4.69) is 19.6 Å². The van der Waals surface area contributed by atoms with Gasteiger partial charge >= 0.3 is 5.97 Å². The third-order valence-corrected chi connectivity index (χ3v) is 10.1. The Morgan fingerprint density at radius 2 is 1.82 bits per heavy atom. The van der Waals surface area contributed by atoms with Gasteiger partial charge in [0.1, 0.15) is 5.60 Å². The molecular formula is C37H51F2N7O3. The molecular weight excluding hydrogens is 628 g/mol. The molecule has 12 heteroatoms. The summed E-state index contributed by atoms with van der Waals surface area (Å²) < 4.78 is 38.4. The van der Waals surface area contributed by atoms with Gasteiger partial charge in [0.25, 0.3) is 6.43 Å². The van der Waals surface area contributed by atoms with Gasteiger partial charge < -0.3 is 19.4 Å². The van der Waals surface area contributed by atoms with Gasteiger partial charge in [-0.2, -0.15) is 10.2 Å². The van der Waals surface area contributed by atoms with Gasteiger partial charge in [-0.25, -0.2) is 8.78 Å². The van der Waals surface area contributed by atoms with Crippen molar-refractivity contribution >= 4 is 23.4 Å². The number of anilines is 2. The van der Waals surface area contributed by atoms with Crippen LogP contribution in [0.5, 0.6) is 0 Å². The Labute approximate surface area is 288 Å². The minimum atomic E-state index is -2.64. The van der Waals surface area contributed by atoms with Crippen molar-refractivity contribution in [1.82, 2.24) is 29.4 Å². The largest absolute Gasteiger partial charge is 0.460 e. The van der Waals surface area contributed by atoms with Crippen molar-refractivity contribution in [3.05, 3.63) is 46.9 Å². The number of benzene rings is 1. The van der Waals surface area contributed by atoms with Crippen LogP contribution >= 0.6 is 0 Å². The van der Waals surface area contributed by atoms with E-state index in [1.807, 2.05) is 31.7 Å². The van der Waals surface area contributed by atoms with Gasteiger partial charge in [0.15, 0.2) is 5.82 Å². The molecule has 10 nitrogen and oxygen atoms in total. The highest BCUT2D eigenvalue weighted by molar-refractivity contribution is 5.78. The van der Waals surface area contributed by atoms with Crippen molar-refractivity contribution in [2.75, 3.05) is 37.6 Å². The zero-order valence-corrected chi connectivity index (χ0v) is 29.7. The van der Waals surface area contributed by atoms with Crippen LogP contribution < -0.4 is 4.90 Å². The lowest BCUT2D eigenvalue weighted by Crippen LogP contribution is -2.38. The number of aromatic nitrogens is 4. The zero-order chi connectivity index (χ0) is 34.9. The summed E-state index contributed by atoms with van der Waals surface area (Å²) in [6.45, 7) is 12.1. The van der Waals surface area contributed by atoms with Crippen LogP contribution in [0.3, 0.4) is 0 Å². The van der Waals surface area contributed by atoms with Crippen molar-refractivity contribution in [2.45, 2.75) is 110 Å². The van der Waals surface area contributed by atoms with E-state index in [9.17, 15) is 18.4 Å². The van der Waals surface area contributed by atoms with Gasteiger partial charge in [0.2, 0.25) is 5.91 Å². The van der Waals surface area contributed by atoms with Crippen molar-refractivity contribution < 1.29 is 23.1 Å². The fourth-order valence-electron chi connectivity index (χ4n) is 7.64. The Morgan fingerprint density at radius 1 is 1.04 bits per heavy atom. The average molecular weight is 680 g/mol. The summed E-state index contributed by atoms with van der Waals surface area (Å²) in [7, 11) is 1.79. The number of halogens is 2. The molecule has 1 amide bonds. The molecule has 0 atom stereocenters. The summed E-state index contributed by atoms with van der Waals surface area (Å²) in [4.78, 5) is 31.0. The van der Waals surface area contributed by atoms with Crippen LogP contribution in [0.4, 0.5) is 20.3 Å². The Kier molecular flexibility index (Phi) is 10.4. The Balaban J connectivity index is 1.19. The number of likely N-dealkylation sites (tertiary alicyclic amines) is 1. The number of amides is 1. The highest BCUT2D eigenvalue weighted by Gasteiger charge is 2.34. The first-order chi connectivity index (χ1) is 23.4. The molecule has 2 aromatic heterocycles. The average Bonchev–Trinajstić information content (AvgIpc) is 3.66. The Morgan fingerprint density at radius 3 is 2.49 bits per heavy atom. The van der Waals surface area contributed by atoms with Crippen LogP contribution in [-0.2, 0) is 40.8 Å². The number of hydrogen-bond donors (Lipinski definition) is 0. The number of rotatable bonds is 10. The number of ether oxygens (including phenoxy) is 1. The molecule has 0 unspecified atom stereocenters. The summed E-state index contributed by atoms with van der Waals surface area (Å²) in [5.74, 6) is 0.700. The molecule has 1 aromatic carbocycles. The lowest BCUT2D eigenvalue weighted by molar-refractivity contribution is -0.154. The fraction of sp³-hybridized carbons (Fsp3) is 0.622. The number of hydrogen-bond acceptors (Lipinski definition) is 7. The molecule has 49 heavy (non-hydrogen) atoms. The van der Waals surface area contributed by atoms with Crippen LogP contribution in [0.1, 0.15) is 107 Å². The molecule has 6 rings (SSSR count). The summed E-state index contributed by atoms with van der Waals surface area (Å²) in [6.07, 6.45) is 8.47. The number of esters is 1. The molecule has 1 saturated heterocycles. The van der Waals surface area contributed by atoms with E-state index < -0.39 is 12.0 Å². The lowest BCUT2D eigenvalue weighted by Gasteiger charge is -2.34. The number of aryl methyl sites for hydroxylation is 2. The van der Waals surface area contributed by atoms with E-state index in [1.54, 1.807) is 37.1 Å². The molecule has 0 N–H and O–H groups in total. The van der Waals surface area contributed by atoms with E-state index in [1.165, 1.54) is 5.69 Å². The molecule has 0 saturated carbocycles. The van der Waals surface area contributed by atoms with Crippen LogP contribution in [0.2, 0.25) is 0 Å². The first-order valence-electron chi connectivity index (χ1n) is 17.9. The molecule has 5 heterocycles. The van der Waals surface area contributed by atoms with Gasteiger partial charge in [-0.3, -0.25) is 19.0 Å². The summed E-state index contributed by atoms with van der Waals surface area (Å²) in [6, 6.07) is 3.81. The topological polar surface area (TPSA) is 88.7 Å². The molecule has 3 aliphatic heterocycles. The SMILES string of the molecule is CC(=O)N1CCc2c(c(N3CCCc4cc(-c5cnn(C)c5)c(C(F)F)cc43)nn2C2CCN(CCCCCC(=O)OC(C)(C)C)CC2)C1. The number of nitrogens with zero attached hydrogens (tertiary/aromatic N) is 7. The predicted molar refractivity (Wildman–Crippen MR) is 185 cm³/mol. The molecule has 0 bridgehead atoms. The number of alkyl halides is 2. The lowest BCUT2D eigenvalue weighted by atomic mass is 9.92. The van der Waals surface area contributed by atoms with Gasteiger partial charge in [-0.05, 0) is 89.1 Å². The van der Waals surface area contributed by atoms with Crippen LogP contribution in [0.15, 0.2) is 24.5 Å². The summed E-state index contributed by atoms with van der Waals surface area (Å²) in [5.41, 5.74) is 4.77. The maximum Gasteiger partial charge on any atom is 0.306 e. The second-order valence-corrected chi connectivity index (χ2v) is 14.9. The highest BCUT2D eigenvalue weighted by atomic mass is 19.3. The second kappa shape index (κ2) is 14.6. The fourth-order valence-corrected chi connectivity index (χ4v) is 7.64. The Bertz CT molecular complexity index is 1650. The smallest absolute Gasteiger partial charge is 0.306 e. The molecule has 3 aliphatic rings. The van der Waals surface area contributed by atoms with Gasteiger partial charge in [0.05, 0.1) is 18.8 Å². The molecule has 1 fully saturated rings. The third kappa shape index (κ3) is 8.00. The van der Waals surface area contributed by atoms with Crippen LogP contribution in [-0.4, -0.2) is 79.6 Å². The third-order valence-electron chi connectivity index (χ3n) is 10.1. The maximum atomic E-state index is 14.6. The van der Waals surface area contributed by atoms with Crippen molar-refractivity contribution in [3.63, 3.8) is 0 Å². The standard InChI is InChI=1S/C37H51F2N7O3/c1-25(47)44-19-14-32-31(24-44)36(41-46(32)28-12-17-43(18-13-28)15-8-6-7-11-34(48)49-37(2,3)4)45-16-9-10-26-20-29(27-22-40-42(5)23-27)30(35(38)39)21-33(26)45/h20-23,28,35H,6-19,24H2,1-5H3. The van der Waals surface area contributed by atoms with Crippen LogP contribution in [0.25, 0.3) is 11.1 Å². The number of unbranched alkanes of at least 4 members (excludes halogenated alkanes) is 2. The quantitative estimate of drug-likeness (QED) is 0.173. The molecule has 0 aliphatic carbocycles. The van der Waals surface area contributed by atoms with E-state index in [-0.39, 0.29) is 23.5 Å². The first kappa shape index (κ1) is 35.0. The normalized spacial score (nSPS) is 17.4. The summed E-state index contributed by atoms with van der Waals surface area (Å²) >= 11 is 0. The molecule has 0 spiro atoms. The maximum absolute atomic E-state index is 14.6. The van der Waals surface area contributed by atoms with E-state index in [4.69, 9.17) is 9.84 Å². The van der Waals surface area contributed by atoms with Crippen molar-refractivity contribution in [3.8, 4) is 11.1 Å². The second-order valence-electron chi connectivity index (χ2n) is 14.9. The first-order valence-corrected chi connectivity index (χ1v) is 17.9. The minimum Gasteiger partial charge on any atom is -0.460 e. The summed E-state index contributed by atoms with van der Waals surface area (Å²) in [5, 5.41) is 9.51. The van der Waals surface area contributed by atoms with E-state index in [0.29, 0.717) is 37.2 Å². The van der Waals surface area contributed by atoms with Crippen molar-refractivity contribution in [1.29, 1.82) is 0 Å². The monoisotopic (exact) mass is 679 g/mol. The van der Waals surface area contributed by atoms with Gasteiger partial charge in [-0.1, -0.05) is 6.42 Å². The number of carbonyl (C=O) groups is 2. The zero-order valence-electron chi connectivity index (χ0n) is 29.7. The Hall–Kier alpha value is -3.80. The number of fused-ring (bicyclic) bond motifs is 2. The number of piperidine rings is 1. The van der Waals surface area contributed by atoms with Crippen molar-refractivity contribution in [2.24, 2.45) is 7.05 Å². The number of carbonyl (C=O) groups excluding carboxylic acids is 2.